The Labute approximate surface area is 158 Å². The summed E-state index contributed by atoms with van der Waals surface area (Å²) in [5, 5.41) is 12.0. The van der Waals surface area contributed by atoms with E-state index in [0.29, 0.717) is 44.1 Å². The third kappa shape index (κ3) is 4.46. The van der Waals surface area contributed by atoms with Crippen molar-refractivity contribution in [3.63, 3.8) is 0 Å². The molecule has 2 aromatic carbocycles. The number of rotatable bonds is 6. The van der Waals surface area contributed by atoms with Gasteiger partial charge in [-0.15, -0.1) is 0 Å². The van der Waals surface area contributed by atoms with Crippen LogP contribution in [0.25, 0.3) is 0 Å². The van der Waals surface area contributed by atoms with E-state index in [0.717, 1.165) is 16.7 Å². The standard InChI is InChI=1S/C21H24FNO4/c1-15(23-24)17-5-3-16(4-6-17)14-27-20-12-18(11-19(22)13-20)21(25-2)7-9-26-10-8-21/h3-6,11-13,24H,7-10,14H2,1-2H3/b23-15-. The first kappa shape index (κ1) is 19.3. The largest absolute Gasteiger partial charge is 0.489 e. The predicted molar refractivity (Wildman–Crippen MR) is 99.9 cm³/mol. The zero-order valence-corrected chi connectivity index (χ0v) is 15.6. The van der Waals surface area contributed by atoms with Crippen LogP contribution in [0, 0.1) is 5.82 Å². The molecule has 1 saturated heterocycles. The van der Waals surface area contributed by atoms with Crippen LogP contribution in [0.15, 0.2) is 47.6 Å². The van der Waals surface area contributed by atoms with Crippen LogP contribution in [0.2, 0.25) is 0 Å². The minimum Gasteiger partial charge on any atom is -0.489 e. The number of ether oxygens (including phenoxy) is 3. The minimum absolute atomic E-state index is 0.307. The van der Waals surface area contributed by atoms with Crippen molar-refractivity contribution >= 4 is 5.71 Å². The Hall–Kier alpha value is -2.44. The van der Waals surface area contributed by atoms with E-state index in [1.54, 1.807) is 14.0 Å². The molecule has 144 valence electrons. The van der Waals surface area contributed by atoms with Crippen LogP contribution < -0.4 is 4.74 Å². The molecule has 27 heavy (non-hydrogen) atoms. The fourth-order valence-corrected chi connectivity index (χ4v) is 3.29. The van der Waals surface area contributed by atoms with Gasteiger partial charge in [-0.25, -0.2) is 4.39 Å². The molecule has 0 atom stereocenters. The van der Waals surface area contributed by atoms with Crippen molar-refractivity contribution < 1.29 is 23.8 Å². The highest BCUT2D eigenvalue weighted by Gasteiger charge is 2.35. The maximum atomic E-state index is 14.2. The molecule has 1 heterocycles. The summed E-state index contributed by atoms with van der Waals surface area (Å²) in [5.74, 6) is 0.112. The van der Waals surface area contributed by atoms with Crippen LogP contribution in [-0.2, 0) is 21.7 Å². The van der Waals surface area contributed by atoms with Crippen LogP contribution in [-0.4, -0.2) is 31.2 Å². The molecule has 0 amide bonds. The minimum atomic E-state index is -0.540. The first-order valence-electron chi connectivity index (χ1n) is 8.91. The summed E-state index contributed by atoms with van der Waals surface area (Å²) in [5.41, 5.74) is 2.53. The average molecular weight is 373 g/mol. The van der Waals surface area contributed by atoms with Crippen molar-refractivity contribution in [1.82, 2.24) is 0 Å². The van der Waals surface area contributed by atoms with E-state index < -0.39 is 5.60 Å². The van der Waals surface area contributed by atoms with E-state index in [1.165, 1.54) is 12.1 Å². The number of halogens is 1. The predicted octanol–water partition coefficient (Wildman–Crippen LogP) is 4.26. The average Bonchev–Trinajstić information content (AvgIpc) is 2.72. The second-order valence-corrected chi connectivity index (χ2v) is 6.66. The van der Waals surface area contributed by atoms with Gasteiger partial charge in [0.25, 0.3) is 0 Å². The van der Waals surface area contributed by atoms with Crippen LogP contribution in [0.1, 0.15) is 36.5 Å². The van der Waals surface area contributed by atoms with Crippen LogP contribution in [0.3, 0.4) is 0 Å². The molecule has 1 aliphatic heterocycles. The van der Waals surface area contributed by atoms with Crippen molar-refractivity contribution in [3.8, 4) is 5.75 Å². The molecule has 1 fully saturated rings. The number of oxime groups is 1. The van der Waals surface area contributed by atoms with Crippen molar-refractivity contribution in [2.45, 2.75) is 32.0 Å². The van der Waals surface area contributed by atoms with Gasteiger partial charge in [-0.2, -0.15) is 0 Å². The third-order valence-corrected chi connectivity index (χ3v) is 5.02. The highest BCUT2D eigenvalue weighted by Crippen LogP contribution is 2.37. The summed E-state index contributed by atoms with van der Waals surface area (Å²) in [4.78, 5) is 0. The lowest BCUT2D eigenvalue weighted by molar-refractivity contribution is -0.0950. The normalized spacial score (nSPS) is 16.9. The second kappa shape index (κ2) is 8.50. The van der Waals surface area contributed by atoms with Gasteiger partial charge in [0.15, 0.2) is 0 Å². The Morgan fingerprint density at radius 2 is 1.89 bits per heavy atom. The quantitative estimate of drug-likeness (QED) is 0.467. The fourth-order valence-electron chi connectivity index (χ4n) is 3.29. The monoisotopic (exact) mass is 373 g/mol. The molecule has 3 rings (SSSR count). The smallest absolute Gasteiger partial charge is 0.127 e. The molecule has 0 radical (unpaired) electrons. The van der Waals surface area contributed by atoms with Crippen molar-refractivity contribution in [2.24, 2.45) is 5.16 Å². The lowest BCUT2D eigenvalue weighted by atomic mass is 9.86. The summed E-state index contributed by atoms with van der Waals surface area (Å²) in [6.45, 7) is 3.20. The van der Waals surface area contributed by atoms with Crippen LogP contribution in [0.4, 0.5) is 4.39 Å². The summed E-state index contributed by atoms with van der Waals surface area (Å²) in [6, 6.07) is 12.2. The van der Waals surface area contributed by atoms with Gasteiger partial charge in [-0.1, -0.05) is 29.4 Å². The van der Waals surface area contributed by atoms with Gasteiger partial charge in [-0.3, -0.25) is 0 Å². The van der Waals surface area contributed by atoms with Crippen molar-refractivity contribution in [1.29, 1.82) is 0 Å². The zero-order valence-electron chi connectivity index (χ0n) is 15.6. The van der Waals surface area contributed by atoms with E-state index in [2.05, 4.69) is 5.16 Å². The molecule has 0 saturated carbocycles. The van der Waals surface area contributed by atoms with Gasteiger partial charge in [-0.05, 0) is 35.7 Å². The molecule has 1 aliphatic rings. The van der Waals surface area contributed by atoms with Gasteiger partial charge < -0.3 is 19.4 Å². The Morgan fingerprint density at radius 1 is 1.19 bits per heavy atom. The van der Waals surface area contributed by atoms with Gasteiger partial charge >= 0.3 is 0 Å². The first-order chi connectivity index (χ1) is 13.1. The summed E-state index contributed by atoms with van der Waals surface area (Å²) in [7, 11) is 1.65. The number of hydrogen-bond donors (Lipinski definition) is 1. The van der Waals surface area contributed by atoms with E-state index in [4.69, 9.17) is 19.4 Å². The van der Waals surface area contributed by atoms with Crippen molar-refractivity contribution in [2.75, 3.05) is 20.3 Å². The van der Waals surface area contributed by atoms with Gasteiger partial charge in [0.05, 0.1) is 11.3 Å². The molecule has 0 bridgehead atoms. The summed E-state index contributed by atoms with van der Waals surface area (Å²) >= 11 is 0. The molecule has 0 aliphatic carbocycles. The lowest BCUT2D eigenvalue weighted by Crippen LogP contribution is -2.35. The first-order valence-corrected chi connectivity index (χ1v) is 8.91. The maximum Gasteiger partial charge on any atom is 0.127 e. The maximum absolute atomic E-state index is 14.2. The Bertz CT molecular complexity index is 798. The third-order valence-electron chi connectivity index (χ3n) is 5.02. The molecule has 5 nitrogen and oxygen atoms in total. The Balaban J connectivity index is 1.75. The topological polar surface area (TPSA) is 60.3 Å². The van der Waals surface area contributed by atoms with Crippen LogP contribution >= 0.6 is 0 Å². The molecular weight excluding hydrogens is 349 g/mol. The molecule has 2 aromatic rings. The Morgan fingerprint density at radius 3 is 2.52 bits per heavy atom. The number of methoxy groups -OCH3 is 1. The summed E-state index contributed by atoms with van der Waals surface area (Å²) < 4.78 is 31.2. The fraction of sp³-hybridized carbons (Fsp3) is 0.381. The van der Waals surface area contributed by atoms with Crippen molar-refractivity contribution in [3.05, 3.63) is 65.0 Å². The highest BCUT2D eigenvalue weighted by molar-refractivity contribution is 5.98. The summed E-state index contributed by atoms with van der Waals surface area (Å²) in [6.07, 6.45) is 1.36. The molecule has 0 aromatic heterocycles. The van der Waals surface area contributed by atoms with E-state index in [9.17, 15) is 4.39 Å². The van der Waals surface area contributed by atoms with E-state index in [-0.39, 0.29) is 5.82 Å². The zero-order chi connectivity index (χ0) is 19.3. The van der Waals surface area contributed by atoms with Gasteiger partial charge in [0.2, 0.25) is 0 Å². The lowest BCUT2D eigenvalue weighted by Gasteiger charge is -2.36. The van der Waals surface area contributed by atoms with E-state index >= 15 is 0 Å². The SMILES string of the molecule is COC1(c2cc(F)cc(OCc3ccc(/C(C)=N\O)cc3)c2)CCOCC1. The highest BCUT2D eigenvalue weighted by atomic mass is 19.1. The molecule has 0 unspecified atom stereocenters. The van der Waals surface area contributed by atoms with Gasteiger partial charge in [0, 0.05) is 39.2 Å². The number of benzene rings is 2. The molecule has 1 N–H and O–H groups in total. The Kier molecular flexibility index (Phi) is 6.08. The number of nitrogens with zero attached hydrogens (tertiary/aromatic N) is 1. The molecule has 0 spiro atoms. The van der Waals surface area contributed by atoms with E-state index in [1.807, 2.05) is 30.3 Å². The van der Waals surface area contributed by atoms with Crippen LogP contribution in [0.5, 0.6) is 5.75 Å². The number of hydrogen-bond acceptors (Lipinski definition) is 5. The molecular formula is C21H24FNO4. The van der Waals surface area contributed by atoms with Gasteiger partial charge in [0.1, 0.15) is 18.2 Å². The molecule has 6 heteroatoms. The second-order valence-electron chi connectivity index (χ2n) is 6.66.